The maximum absolute atomic E-state index is 13.5. The first kappa shape index (κ1) is 30.4. The van der Waals surface area contributed by atoms with Crippen LogP contribution < -0.4 is 23.7 Å². The average Bonchev–Trinajstić information content (AvgIpc) is 3.15. The number of carbonyl (C=O) groups excluding carboxylic acids is 1. The van der Waals surface area contributed by atoms with Crippen LogP contribution in [0.15, 0.2) is 29.8 Å². The Morgan fingerprint density at radius 1 is 0.795 bits per heavy atom. The number of nitrogens with zero attached hydrogens (tertiary/aromatic N) is 2. The highest BCUT2D eigenvalue weighted by Crippen LogP contribution is 2.39. The van der Waals surface area contributed by atoms with Crippen LogP contribution in [0.5, 0.6) is 28.7 Å². The van der Waals surface area contributed by atoms with Gasteiger partial charge in [0, 0.05) is 38.3 Å². The Labute approximate surface area is 238 Å². The summed E-state index contributed by atoms with van der Waals surface area (Å²) in [5, 5.41) is 0. The van der Waals surface area contributed by atoms with E-state index in [0.717, 1.165) is 67.1 Å². The molecule has 0 spiro atoms. The molecule has 9 heteroatoms. The molecule has 1 aliphatic carbocycles. The van der Waals surface area contributed by atoms with E-state index in [0.29, 0.717) is 43.6 Å². The molecule has 39 heavy (non-hydrogen) atoms. The van der Waals surface area contributed by atoms with Gasteiger partial charge < -0.3 is 28.6 Å². The number of fused-ring (bicyclic) bond motifs is 1. The maximum atomic E-state index is 13.5. The summed E-state index contributed by atoms with van der Waals surface area (Å²) < 4.78 is 28.1. The van der Waals surface area contributed by atoms with Crippen molar-refractivity contribution in [3.8, 4) is 28.7 Å². The summed E-state index contributed by atoms with van der Waals surface area (Å²) in [4.78, 5) is 17.9. The molecule has 1 heterocycles. The molecule has 1 fully saturated rings. The van der Waals surface area contributed by atoms with E-state index in [1.807, 2.05) is 36.9 Å². The lowest BCUT2D eigenvalue weighted by molar-refractivity contribution is -0.129. The fraction of sp³-hybridized carbons (Fsp3) is 0.500. The number of amides is 1. The zero-order chi connectivity index (χ0) is 27.1. The molecule has 4 rings (SSSR count). The maximum Gasteiger partial charge on any atom is 0.249 e. The number of hydrogen-bond donors (Lipinski definition) is 0. The van der Waals surface area contributed by atoms with Crippen LogP contribution in [0.3, 0.4) is 0 Å². The third-order valence-corrected chi connectivity index (χ3v) is 7.09. The van der Waals surface area contributed by atoms with Gasteiger partial charge in [0.05, 0.1) is 34.5 Å². The molecule has 0 unspecified atom stereocenters. The molecule has 0 N–H and O–H groups in total. The first-order chi connectivity index (χ1) is 18.5. The van der Waals surface area contributed by atoms with E-state index in [9.17, 15) is 4.79 Å². The summed E-state index contributed by atoms with van der Waals surface area (Å²) in [6.07, 6.45) is 4.68. The topological polar surface area (TPSA) is 69.7 Å². The third-order valence-electron chi connectivity index (χ3n) is 7.09. The number of carbonyl (C=O) groups is 1. The van der Waals surface area contributed by atoms with E-state index in [2.05, 4.69) is 17.0 Å². The Morgan fingerprint density at radius 3 is 1.97 bits per heavy atom. The molecule has 8 nitrogen and oxygen atoms in total. The zero-order valence-electron chi connectivity index (χ0n) is 23.7. The number of piperazine rings is 1. The van der Waals surface area contributed by atoms with Crippen molar-refractivity contribution in [2.75, 3.05) is 60.7 Å². The van der Waals surface area contributed by atoms with Crippen LogP contribution in [0, 0.1) is 0 Å². The highest BCUT2D eigenvalue weighted by molar-refractivity contribution is 5.98. The number of ether oxygens (including phenoxy) is 5. The minimum Gasteiger partial charge on any atom is -0.493 e. The van der Waals surface area contributed by atoms with Gasteiger partial charge in [0.1, 0.15) is 0 Å². The number of aryl methyl sites for hydroxylation is 1. The fourth-order valence-corrected chi connectivity index (χ4v) is 5.20. The molecule has 1 saturated heterocycles. The van der Waals surface area contributed by atoms with Gasteiger partial charge in [0.2, 0.25) is 11.7 Å². The van der Waals surface area contributed by atoms with Gasteiger partial charge in [0.25, 0.3) is 0 Å². The summed E-state index contributed by atoms with van der Waals surface area (Å²) in [6, 6.07) is 8.08. The van der Waals surface area contributed by atoms with Crippen LogP contribution in [0.25, 0.3) is 6.08 Å². The lowest BCUT2D eigenvalue weighted by atomic mass is 10.0. The molecule has 0 aromatic heterocycles. The van der Waals surface area contributed by atoms with Crippen molar-refractivity contribution >= 4 is 24.4 Å². The van der Waals surface area contributed by atoms with Crippen molar-refractivity contribution in [3.63, 3.8) is 0 Å². The molecule has 1 amide bonds. The molecule has 2 aromatic rings. The van der Waals surface area contributed by atoms with Gasteiger partial charge in [-0.2, -0.15) is 0 Å². The van der Waals surface area contributed by atoms with Crippen molar-refractivity contribution in [3.05, 3.63) is 46.5 Å². The number of methoxy groups -OCH3 is 3. The quantitative estimate of drug-likeness (QED) is 0.405. The molecule has 0 saturated carbocycles. The third kappa shape index (κ3) is 7.11. The smallest absolute Gasteiger partial charge is 0.249 e. The fourth-order valence-electron chi connectivity index (χ4n) is 5.20. The van der Waals surface area contributed by atoms with Crippen LogP contribution in [-0.4, -0.2) is 76.4 Å². The van der Waals surface area contributed by atoms with Crippen LogP contribution in [0.2, 0.25) is 0 Å². The standard InChI is InChI=1S/C30H40N2O6.ClH/c1-6-37-25-18-22-9-8-10-23(17-24(22)19-26(25)38-7-2)30(33)32-13-11-31(12-14-32)20-21-15-27(34-3)29(36-5)28(16-21)35-4;/h15-19H,6-14,20H2,1-5H3;1H. The molecule has 0 radical (unpaired) electrons. The van der Waals surface area contributed by atoms with E-state index < -0.39 is 0 Å². The Balaban J connectivity index is 0.00000420. The predicted octanol–water partition coefficient (Wildman–Crippen LogP) is 5.00. The molecular weight excluding hydrogens is 520 g/mol. The normalized spacial score (nSPS) is 15.3. The first-order valence-corrected chi connectivity index (χ1v) is 13.4. The van der Waals surface area contributed by atoms with Crippen LogP contribution in [-0.2, 0) is 17.8 Å². The van der Waals surface area contributed by atoms with Crippen molar-refractivity contribution in [1.82, 2.24) is 9.80 Å². The molecule has 0 bridgehead atoms. The minimum atomic E-state index is 0. The van der Waals surface area contributed by atoms with Gasteiger partial charge in [-0.05, 0) is 80.1 Å². The second kappa shape index (κ2) is 14.3. The summed E-state index contributed by atoms with van der Waals surface area (Å²) >= 11 is 0. The summed E-state index contributed by atoms with van der Waals surface area (Å²) in [6.45, 7) is 8.84. The van der Waals surface area contributed by atoms with Crippen LogP contribution in [0.4, 0.5) is 0 Å². The Hall–Kier alpha value is -3.10. The van der Waals surface area contributed by atoms with Crippen molar-refractivity contribution in [2.45, 2.75) is 39.7 Å². The highest BCUT2D eigenvalue weighted by Gasteiger charge is 2.26. The van der Waals surface area contributed by atoms with Crippen molar-refractivity contribution in [1.29, 1.82) is 0 Å². The van der Waals surface area contributed by atoms with Crippen LogP contribution in [0.1, 0.15) is 43.4 Å². The first-order valence-electron chi connectivity index (χ1n) is 13.4. The van der Waals surface area contributed by atoms with E-state index in [1.165, 1.54) is 5.56 Å². The lowest BCUT2D eigenvalue weighted by Gasteiger charge is -2.35. The number of rotatable bonds is 10. The Morgan fingerprint density at radius 2 is 1.41 bits per heavy atom. The van der Waals surface area contributed by atoms with Gasteiger partial charge in [0.15, 0.2) is 23.0 Å². The number of benzene rings is 2. The second-order valence-electron chi connectivity index (χ2n) is 9.49. The largest absolute Gasteiger partial charge is 0.493 e. The monoisotopic (exact) mass is 560 g/mol. The summed E-state index contributed by atoms with van der Waals surface area (Å²) in [5.74, 6) is 3.54. The van der Waals surface area contributed by atoms with Gasteiger partial charge in [-0.25, -0.2) is 0 Å². The average molecular weight is 561 g/mol. The van der Waals surface area contributed by atoms with Gasteiger partial charge >= 0.3 is 0 Å². The molecular formula is C30H41ClN2O6. The van der Waals surface area contributed by atoms with E-state index in [-0.39, 0.29) is 18.3 Å². The second-order valence-corrected chi connectivity index (χ2v) is 9.49. The Kier molecular flexibility index (Phi) is 11.2. The van der Waals surface area contributed by atoms with E-state index >= 15 is 0 Å². The van der Waals surface area contributed by atoms with Gasteiger partial charge in [-0.1, -0.05) is 0 Å². The van der Waals surface area contributed by atoms with E-state index in [4.69, 9.17) is 23.7 Å². The molecule has 214 valence electrons. The molecule has 2 aromatic carbocycles. The molecule has 1 aliphatic heterocycles. The van der Waals surface area contributed by atoms with Crippen molar-refractivity contribution < 1.29 is 28.5 Å². The van der Waals surface area contributed by atoms with Crippen LogP contribution >= 0.6 is 12.4 Å². The predicted molar refractivity (Wildman–Crippen MR) is 155 cm³/mol. The van der Waals surface area contributed by atoms with Gasteiger partial charge in [-0.3, -0.25) is 9.69 Å². The number of hydrogen-bond acceptors (Lipinski definition) is 7. The van der Waals surface area contributed by atoms with Gasteiger partial charge in [-0.15, -0.1) is 12.4 Å². The SMILES string of the molecule is CCOc1cc2c(cc1OCC)CCCC(C(=O)N1CCN(Cc3cc(OC)c(OC)c(OC)c3)CC1)=C2.Cl. The molecule has 2 aliphatic rings. The summed E-state index contributed by atoms with van der Waals surface area (Å²) in [7, 11) is 4.86. The summed E-state index contributed by atoms with van der Waals surface area (Å²) in [5.41, 5.74) is 4.21. The van der Waals surface area contributed by atoms with Crippen molar-refractivity contribution in [2.24, 2.45) is 0 Å². The molecule has 0 atom stereocenters. The Bertz CT molecular complexity index is 1140. The minimum absolute atomic E-state index is 0. The number of halogens is 1. The lowest BCUT2D eigenvalue weighted by Crippen LogP contribution is -2.48. The van der Waals surface area contributed by atoms with E-state index in [1.54, 1.807) is 21.3 Å². The zero-order valence-corrected chi connectivity index (χ0v) is 24.5. The highest BCUT2D eigenvalue weighted by atomic mass is 35.5.